The highest BCUT2D eigenvalue weighted by atomic mass is 15.1. The Bertz CT molecular complexity index is 506. The van der Waals surface area contributed by atoms with Crippen LogP contribution in [0.5, 0.6) is 0 Å². The number of benzene rings is 1. The zero-order valence-electron chi connectivity index (χ0n) is 12.8. The molecule has 2 fully saturated rings. The third kappa shape index (κ3) is 3.98. The van der Waals surface area contributed by atoms with Crippen LogP contribution >= 0.6 is 0 Å². The fourth-order valence-electron chi connectivity index (χ4n) is 3.10. The Hall–Kier alpha value is -1.53. The van der Waals surface area contributed by atoms with Crippen LogP contribution < -0.4 is 10.2 Å². The second kappa shape index (κ2) is 6.95. The lowest BCUT2D eigenvalue weighted by atomic mass is 10.0. The van der Waals surface area contributed by atoms with Crippen molar-refractivity contribution in [2.75, 3.05) is 18.0 Å². The molecular formula is C18H25N3. The highest BCUT2D eigenvalue weighted by Crippen LogP contribution is 2.25. The van der Waals surface area contributed by atoms with E-state index in [4.69, 9.17) is 0 Å². The maximum Gasteiger partial charge on any atom is 0.101 e. The number of anilines is 1. The van der Waals surface area contributed by atoms with Crippen molar-refractivity contribution in [1.29, 1.82) is 5.26 Å². The Balaban J connectivity index is 1.71. The van der Waals surface area contributed by atoms with Crippen LogP contribution in [0.1, 0.15) is 56.1 Å². The van der Waals surface area contributed by atoms with Gasteiger partial charge in [-0.15, -0.1) is 0 Å². The third-order valence-electron chi connectivity index (χ3n) is 4.55. The zero-order valence-corrected chi connectivity index (χ0v) is 12.8. The summed E-state index contributed by atoms with van der Waals surface area (Å²) in [7, 11) is 0. The van der Waals surface area contributed by atoms with Gasteiger partial charge >= 0.3 is 0 Å². The lowest BCUT2D eigenvalue weighted by Crippen LogP contribution is -2.27. The summed E-state index contributed by atoms with van der Waals surface area (Å²) in [4.78, 5) is 2.41. The maximum atomic E-state index is 9.49. The molecule has 2 aliphatic rings. The molecule has 112 valence electrons. The number of rotatable bonds is 4. The molecule has 21 heavy (non-hydrogen) atoms. The summed E-state index contributed by atoms with van der Waals surface area (Å²) in [6, 6.07) is 9.53. The minimum absolute atomic E-state index is 0.713. The molecule has 3 nitrogen and oxygen atoms in total. The summed E-state index contributed by atoms with van der Waals surface area (Å²) in [5.74, 6) is 0. The van der Waals surface area contributed by atoms with Crippen LogP contribution in [0.15, 0.2) is 18.2 Å². The number of nitrogens with zero attached hydrogens (tertiary/aromatic N) is 2. The number of hydrogen-bond acceptors (Lipinski definition) is 3. The largest absolute Gasteiger partial charge is 0.370 e. The normalized spacial score (nSPS) is 19.7. The van der Waals surface area contributed by atoms with E-state index in [1.54, 1.807) is 0 Å². The van der Waals surface area contributed by atoms with Crippen molar-refractivity contribution >= 4 is 5.69 Å². The first-order chi connectivity index (χ1) is 10.4. The van der Waals surface area contributed by atoms with Crippen molar-refractivity contribution in [3.63, 3.8) is 0 Å². The molecule has 0 unspecified atom stereocenters. The van der Waals surface area contributed by atoms with Gasteiger partial charge < -0.3 is 10.2 Å². The topological polar surface area (TPSA) is 39.1 Å². The van der Waals surface area contributed by atoms with E-state index in [-0.39, 0.29) is 0 Å². The number of hydrogen-bond donors (Lipinski definition) is 1. The van der Waals surface area contributed by atoms with Gasteiger partial charge in [-0.25, -0.2) is 0 Å². The fraction of sp³-hybridized carbons (Fsp3) is 0.611. The molecule has 1 heterocycles. The average molecular weight is 283 g/mol. The van der Waals surface area contributed by atoms with E-state index in [1.807, 2.05) is 0 Å². The number of nitriles is 1. The van der Waals surface area contributed by atoms with Crippen LogP contribution in [0.2, 0.25) is 0 Å². The van der Waals surface area contributed by atoms with E-state index >= 15 is 0 Å². The zero-order chi connectivity index (χ0) is 14.5. The third-order valence-corrected chi connectivity index (χ3v) is 4.55. The van der Waals surface area contributed by atoms with Crippen LogP contribution in [0.4, 0.5) is 5.69 Å². The minimum Gasteiger partial charge on any atom is -0.370 e. The fourth-order valence-corrected chi connectivity index (χ4v) is 3.10. The monoisotopic (exact) mass is 283 g/mol. The Morgan fingerprint density at radius 3 is 2.48 bits per heavy atom. The molecule has 0 amide bonds. The molecule has 1 aliphatic heterocycles. The van der Waals surface area contributed by atoms with E-state index in [1.165, 1.54) is 50.5 Å². The second-order valence-corrected chi connectivity index (χ2v) is 6.37. The van der Waals surface area contributed by atoms with Crippen LogP contribution in [-0.2, 0) is 6.54 Å². The maximum absolute atomic E-state index is 9.49. The summed E-state index contributed by atoms with van der Waals surface area (Å²) in [6.45, 7) is 3.07. The molecule has 1 aromatic carbocycles. The Kier molecular flexibility index (Phi) is 4.77. The molecule has 1 aromatic rings. The molecule has 0 atom stereocenters. The minimum atomic E-state index is 0.713. The van der Waals surface area contributed by atoms with Gasteiger partial charge in [0.2, 0.25) is 0 Å². The van der Waals surface area contributed by atoms with Gasteiger partial charge in [0.05, 0.1) is 11.3 Å². The lowest BCUT2D eigenvalue weighted by Gasteiger charge is -2.28. The summed E-state index contributed by atoms with van der Waals surface area (Å²) in [5.41, 5.74) is 3.20. The molecule has 0 radical (unpaired) electrons. The van der Waals surface area contributed by atoms with E-state index in [0.717, 1.165) is 30.9 Å². The van der Waals surface area contributed by atoms with Gasteiger partial charge in [-0.2, -0.15) is 5.26 Å². The summed E-state index contributed by atoms with van der Waals surface area (Å²) in [6.07, 6.45) is 9.11. The highest BCUT2D eigenvalue weighted by molar-refractivity contribution is 5.60. The van der Waals surface area contributed by atoms with Crippen molar-refractivity contribution in [2.45, 2.75) is 57.5 Å². The van der Waals surface area contributed by atoms with Gasteiger partial charge in [-0.05, 0) is 43.4 Å². The molecule has 3 rings (SSSR count). The summed E-state index contributed by atoms with van der Waals surface area (Å²) < 4.78 is 0. The van der Waals surface area contributed by atoms with Gasteiger partial charge in [0.15, 0.2) is 0 Å². The Morgan fingerprint density at radius 2 is 1.81 bits per heavy atom. The van der Waals surface area contributed by atoms with Crippen molar-refractivity contribution in [2.24, 2.45) is 0 Å². The molecule has 1 N–H and O–H groups in total. The average Bonchev–Trinajstić information content (AvgIpc) is 3.29. The van der Waals surface area contributed by atoms with Crippen molar-refractivity contribution in [1.82, 2.24) is 5.32 Å². The van der Waals surface area contributed by atoms with Gasteiger partial charge in [0.1, 0.15) is 6.07 Å². The second-order valence-electron chi connectivity index (χ2n) is 6.37. The summed E-state index contributed by atoms with van der Waals surface area (Å²) in [5, 5.41) is 13.0. The van der Waals surface area contributed by atoms with Crippen LogP contribution in [0.3, 0.4) is 0 Å². The molecule has 0 bridgehead atoms. The van der Waals surface area contributed by atoms with Gasteiger partial charge in [0, 0.05) is 25.7 Å². The Labute approximate surface area is 128 Å². The molecule has 1 saturated heterocycles. The van der Waals surface area contributed by atoms with Crippen molar-refractivity contribution in [3.05, 3.63) is 29.3 Å². The SMILES string of the molecule is N#Cc1cc(CNC2CC2)ccc1N1CCCCCCC1. The first-order valence-corrected chi connectivity index (χ1v) is 8.38. The molecule has 0 spiro atoms. The molecule has 1 saturated carbocycles. The Morgan fingerprint density at radius 1 is 1.10 bits per heavy atom. The number of nitrogens with one attached hydrogen (secondary N) is 1. The van der Waals surface area contributed by atoms with Crippen LogP contribution in [-0.4, -0.2) is 19.1 Å². The molecule has 1 aliphatic carbocycles. The van der Waals surface area contributed by atoms with Gasteiger partial charge in [-0.3, -0.25) is 0 Å². The van der Waals surface area contributed by atoms with E-state index in [0.29, 0.717) is 6.04 Å². The van der Waals surface area contributed by atoms with Crippen LogP contribution in [0.25, 0.3) is 0 Å². The first kappa shape index (κ1) is 14.4. The smallest absolute Gasteiger partial charge is 0.101 e. The van der Waals surface area contributed by atoms with Crippen LogP contribution in [0, 0.1) is 11.3 Å². The molecule has 0 aromatic heterocycles. The van der Waals surface area contributed by atoms with Crippen molar-refractivity contribution < 1.29 is 0 Å². The van der Waals surface area contributed by atoms with E-state index in [2.05, 4.69) is 34.5 Å². The predicted octanol–water partition coefficient (Wildman–Crippen LogP) is 3.58. The standard InChI is InChI=1S/C18H25N3/c19-13-16-12-15(14-20-17-7-8-17)6-9-18(16)21-10-4-2-1-3-5-11-21/h6,9,12,17,20H,1-5,7-8,10-11,14H2. The van der Waals surface area contributed by atoms with Crippen molar-refractivity contribution in [3.8, 4) is 6.07 Å². The van der Waals surface area contributed by atoms with E-state index in [9.17, 15) is 5.26 Å². The van der Waals surface area contributed by atoms with E-state index < -0.39 is 0 Å². The first-order valence-electron chi connectivity index (χ1n) is 8.38. The predicted molar refractivity (Wildman–Crippen MR) is 86.3 cm³/mol. The highest BCUT2D eigenvalue weighted by Gasteiger charge is 2.20. The van der Waals surface area contributed by atoms with Gasteiger partial charge in [0.25, 0.3) is 0 Å². The molecular weight excluding hydrogens is 258 g/mol. The quantitative estimate of drug-likeness (QED) is 0.918. The lowest BCUT2D eigenvalue weighted by molar-refractivity contribution is 0.556. The molecule has 3 heteroatoms. The van der Waals surface area contributed by atoms with Gasteiger partial charge in [-0.1, -0.05) is 25.3 Å². The summed E-state index contributed by atoms with van der Waals surface area (Å²) >= 11 is 0.